The molecule has 0 bridgehead atoms. The molecule has 0 atom stereocenters. The van der Waals surface area contributed by atoms with Crippen molar-refractivity contribution in [2.24, 2.45) is 0 Å². The highest BCUT2D eigenvalue weighted by Gasteiger charge is 2.22. The molecule has 0 amide bonds. The molecule has 2 aromatic heterocycles. The molecule has 0 radical (unpaired) electrons. The Labute approximate surface area is 246 Å². The Morgan fingerprint density at radius 3 is 1.60 bits per heavy atom. The Balaban J connectivity index is 1.45. The lowest BCUT2D eigenvalue weighted by atomic mass is 9.95. The maximum absolute atomic E-state index is 6.91. The smallest absolute Gasteiger partial charge is 0.164 e. The van der Waals surface area contributed by atoms with E-state index in [2.05, 4.69) is 78.9 Å². The van der Waals surface area contributed by atoms with Crippen LogP contribution in [0.2, 0.25) is 0 Å². The molecule has 9 aromatic rings. The molecule has 0 saturated carbocycles. The average Bonchev–Trinajstić information content (AvgIpc) is 3.48. The zero-order chi connectivity index (χ0) is 28.3. The van der Waals surface area contributed by atoms with E-state index in [9.17, 15) is 0 Å². The van der Waals surface area contributed by atoms with E-state index in [1.165, 1.54) is 5.39 Å². The number of fused-ring (bicyclic) bond motifs is 9. The van der Waals surface area contributed by atoms with Crippen LogP contribution in [0.1, 0.15) is 0 Å². The quantitative estimate of drug-likeness (QED) is 0.206. The minimum Gasteiger partial charge on any atom is -0.455 e. The van der Waals surface area contributed by atoms with E-state index in [0.717, 1.165) is 65.6 Å². The third kappa shape index (κ3) is 3.74. The molecule has 0 aliphatic heterocycles. The summed E-state index contributed by atoms with van der Waals surface area (Å²) in [6.45, 7) is 0. The molecule has 4 nitrogen and oxygen atoms in total. The van der Waals surface area contributed by atoms with E-state index < -0.39 is 0 Å². The Hall–Kier alpha value is -5.87. The van der Waals surface area contributed by atoms with Gasteiger partial charge in [0.1, 0.15) is 11.2 Å². The second-order valence-corrected chi connectivity index (χ2v) is 10.8. The summed E-state index contributed by atoms with van der Waals surface area (Å²) in [5.41, 5.74) is 4.52. The van der Waals surface area contributed by atoms with Crippen LogP contribution in [0.4, 0.5) is 0 Å². The lowest BCUT2D eigenvalue weighted by Crippen LogP contribution is -2.00. The number of hydrogen-bond acceptors (Lipinski definition) is 4. The van der Waals surface area contributed by atoms with E-state index in [-0.39, 0.29) is 0 Å². The van der Waals surface area contributed by atoms with Gasteiger partial charge in [-0.25, -0.2) is 15.0 Å². The Morgan fingerprint density at radius 1 is 0.372 bits per heavy atom. The summed E-state index contributed by atoms with van der Waals surface area (Å²) in [4.78, 5) is 15.1. The predicted molar refractivity (Wildman–Crippen MR) is 176 cm³/mol. The van der Waals surface area contributed by atoms with E-state index in [0.29, 0.717) is 17.5 Å². The fourth-order valence-electron chi connectivity index (χ4n) is 6.26. The van der Waals surface area contributed by atoms with Gasteiger partial charge in [0.2, 0.25) is 0 Å². The monoisotopic (exact) mass is 549 g/mol. The number of hydrogen-bond donors (Lipinski definition) is 0. The van der Waals surface area contributed by atoms with Crippen LogP contribution >= 0.6 is 0 Å². The van der Waals surface area contributed by atoms with E-state index in [4.69, 9.17) is 19.4 Å². The second kappa shape index (κ2) is 9.33. The second-order valence-electron chi connectivity index (χ2n) is 10.8. The highest BCUT2D eigenvalue weighted by Crippen LogP contribution is 2.44. The first-order valence-corrected chi connectivity index (χ1v) is 14.4. The van der Waals surface area contributed by atoms with Crippen LogP contribution in [0.5, 0.6) is 0 Å². The first-order valence-electron chi connectivity index (χ1n) is 14.4. The number of furan rings is 1. The third-order valence-corrected chi connectivity index (χ3v) is 8.28. The first-order chi connectivity index (χ1) is 21.3. The zero-order valence-electron chi connectivity index (χ0n) is 23.0. The van der Waals surface area contributed by atoms with Crippen LogP contribution in [0.25, 0.3) is 88.4 Å². The molecule has 4 heteroatoms. The minimum atomic E-state index is 0.614. The molecule has 0 N–H and O–H groups in total. The molecule has 0 unspecified atom stereocenters. The molecule has 0 saturated heterocycles. The highest BCUT2D eigenvalue weighted by molar-refractivity contribution is 6.28. The fraction of sp³-hybridized carbons (Fsp3) is 0. The maximum atomic E-state index is 6.91. The van der Waals surface area contributed by atoms with Crippen molar-refractivity contribution < 1.29 is 4.42 Å². The van der Waals surface area contributed by atoms with Gasteiger partial charge in [-0.05, 0) is 33.7 Å². The van der Waals surface area contributed by atoms with Crippen molar-refractivity contribution in [3.63, 3.8) is 0 Å². The summed E-state index contributed by atoms with van der Waals surface area (Å²) in [6, 6.07) is 47.9. The van der Waals surface area contributed by atoms with Crippen LogP contribution in [0.3, 0.4) is 0 Å². The number of rotatable bonds is 3. The van der Waals surface area contributed by atoms with Crippen molar-refractivity contribution in [1.82, 2.24) is 15.0 Å². The first kappa shape index (κ1) is 23.8. The number of nitrogens with zero attached hydrogens (tertiary/aromatic N) is 3. The van der Waals surface area contributed by atoms with Gasteiger partial charge in [0.15, 0.2) is 17.5 Å². The highest BCUT2D eigenvalue weighted by atomic mass is 16.3. The van der Waals surface area contributed by atoms with Crippen LogP contribution in [0.15, 0.2) is 144 Å². The Morgan fingerprint density at radius 2 is 0.907 bits per heavy atom. The molecular weight excluding hydrogens is 526 g/mol. The van der Waals surface area contributed by atoms with Gasteiger partial charge < -0.3 is 4.42 Å². The van der Waals surface area contributed by atoms with Gasteiger partial charge in [0.05, 0.1) is 0 Å². The van der Waals surface area contributed by atoms with Crippen molar-refractivity contribution in [3.05, 3.63) is 140 Å². The van der Waals surface area contributed by atoms with Gasteiger partial charge in [-0.15, -0.1) is 0 Å². The van der Waals surface area contributed by atoms with Gasteiger partial charge in [0, 0.05) is 38.2 Å². The summed E-state index contributed by atoms with van der Waals surface area (Å²) in [6.07, 6.45) is 0. The Bertz CT molecular complexity index is 2440. The van der Waals surface area contributed by atoms with Crippen molar-refractivity contribution in [2.45, 2.75) is 0 Å². The molecular formula is C39H23N3O. The van der Waals surface area contributed by atoms with E-state index in [1.807, 2.05) is 60.7 Å². The predicted octanol–water partition coefficient (Wildman–Crippen LogP) is 10.2. The molecule has 200 valence electrons. The standard InChI is InChI=1S/C39H23N3O/c1-3-13-26(14-4-1)37-40-38(27-15-5-2-6-16-27)42-39(41-37)32-23-28-20-19-24-11-7-9-17-29(24)33(28)36-34(32)31-22-21-25-12-8-10-18-30(25)35(31)43-36/h1-23H. The summed E-state index contributed by atoms with van der Waals surface area (Å²) in [7, 11) is 0. The van der Waals surface area contributed by atoms with Crippen molar-refractivity contribution >= 4 is 54.3 Å². The van der Waals surface area contributed by atoms with Crippen molar-refractivity contribution in [1.29, 1.82) is 0 Å². The summed E-state index contributed by atoms with van der Waals surface area (Å²) < 4.78 is 6.91. The van der Waals surface area contributed by atoms with Crippen LogP contribution in [0, 0.1) is 0 Å². The van der Waals surface area contributed by atoms with Crippen molar-refractivity contribution in [2.75, 3.05) is 0 Å². The molecule has 43 heavy (non-hydrogen) atoms. The molecule has 7 aromatic carbocycles. The van der Waals surface area contributed by atoms with Crippen LogP contribution in [-0.4, -0.2) is 15.0 Å². The van der Waals surface area contributed by atoms with Gasteiger partial charge in [-0.2, -0.15) is 0 Å². The van der Waals surface area contributed by atoms with Crippen LogP contribution in [-0.2, 0) is 0 Å². The van der Waals surface area contributed by atoms with Gasteiger partial charge in [-0.1, -0.05) is 127 Å². The van der Waals surface area contributed by atoms with Crippen molar-refractivity contribution in [3.8, 4) is 34.2 Å². The lowest BCUT2D eigenvalue weighted by Gasteiger charge is -2.11. The molecule has 0 fully saturated rings. The summed E-state index contributed by atoms with van der Waals surface area (Å²) in [5, 5.41) is 8.78. The molecule has 0 aliphatic carbocycles. The summed E-state index contributed by atoms with van der Waals surface area (Å²) in [5.74, 6) is 1.88. The molecule has 2 heterocycles. The van der Waals surface area contributed by atoms with Gasteiger partial charge >= 0.3 is 0 Å². The SMILES string of the molecule is c1ccc(-c2nc(-c3ccccc3)nc(-c3cc4ccc5ccccc5c4c4oc5c6ccccc6ccc5c34)n2)cc1. The summed E-state index contributed by atoms with van der Waals surface area (Å²) >= 11 is 0. The maximum Gasteiger partial charge on any atom is 0.164 e. The lowest BCUT2D eigenvalue weighted by molar-refractivity contribution is 0.677. The largest absolute Gasteiger partial charge is 0.455 e. The van der Waals surface area contributed by atoms with E-state index >= 15 is 0 Å². The van der Waals surface area contributed by atoms with Gasteiger partial charge in [-0.3, -0.25) is 0 Å². The minimum absolute atomic E-state index is 0.614. The third-order valence-electron chi connectivity index (χ3n) is 8.28. The fourth-order valence-corrected chi connectivity index (χ4v) is 6.26. The normalized spacial score (nSPS) is 11.7. The number of benzene rings is 7. The topological polar surface area (TPSA) is 51.8 Å². The average molecular weight is 550 g/mol. The zero-order valence-corrected chi connectivity index (χ0v) is 23.0. The van der Waals surface area contributed by atoms with Gasteiger partial charge in [0.25, 0.3) is 0 Å². The molecule has 0 spiro atoms. The van der Waals surface area contributed by atoms with Crippen LogP contribution < -0.4 is 0 Å². The van der Waals surface area contributed by atoms with E-state index in [1.54, 1.807) is 0 Å². The molecule has 9 rings (SSSR count). The molecule has 0 aliphatic rings. The number of aromatic nitrogens is 3. The Kier molecular flexibility index (Phi) is 5.16.